The number of allylic oxidation sites excluding steroid dienone is 1. The number of benzene rings is 1. The minimum atomic E-state index is -0.569. The third-order valence-corrected chi connectivity index (χ3v) is 2.68. The fourth-order valence-electron chi connectivity index (χ4n) is 1.08. The monoisotopic (exact) mass is 269 g/mol. The first-order valence-corrected chi connectivity index (χ1v) is 4.94. The first kappa shape index (κ1) is 11.6. The lowest BCUT2D eigenvalue weighted by Crippen LogP contribution is -2.04. The van der Waals surface area contributed by atoms with Gasteiger partial charge in [0.1, 0.15) is 4.48 Å². The maximum Gasteiger partial charge on any atom is 0.294 e. The molecule has 0 spiro atoms. The molecule has 5 heteroatoms. The molecule has 78 valence electrons. The lowest BCUT2D eigenvalue weighted by atomic mass is 10.1. The van der Waals surface area contributed by atoms with E-state index in [0.29, 0.717) is 5.56 Å². The molecule has 0 atom stereocenters. The molecule has 0 radical (unpaired) electrons. The average Bonchev–Trinajstić information content (AvgIpc) is 2.18. The van der Waals surface area contributed by atoms with Gasteiger partial charge in [0, 0.05) is 0 Å². The number of nitrogens with zero attached hydrogens (tertiary/aromatic N) is 1. The summed E-state index contributed by atoms with van der Waals surface area (Å²) in [6, 6.07) is 8.28. The average molecular weight is 270 g/mol. The number of hydrogen-bond donors (Lipinski definition) is 0. The molecule has 0 aliphatic rings. The van der Waals surface area contributed by atoms with Crippen molar-refractivity contribution in [2.45, 2.75) is 6.92 Å². The molecule has 0 aliphatic heterocycles. The molecule has 0 aliphatic carbocycles. The van der Waals surface area contributed by atoms with Gasteiger partial charge in [-0.15, -0.1) is 0 Å². The van der Waals surface area contributed by atoms with Gasteiger partial charge in [-0.25, -0.2) is 0 Å². The minimum absolute atomic E-state index is 0.0151. The number of carbonyl (C=O) groups is 1. The molecule has 0 N–H and O–H groups in total. The maximum absolute atomic E-state index is 11.1. The van der Waals surface area contributed by atoms with Crippen LogP contribution in [0.1, 0.15) is 12.5 Å². The lowest BCUT2D eigenvalue weighted by molar-refractivity contribution is -0.375. The fourth-order valence-corrected chi connectivity index (χ4v) is 1.45. The Hall–Kier alpha value is -1.49. The second kappa shape index (κ2) is 4.84. The minimum Gasteiger partial charge on any atom is -0.294 e. The summed E-state index contributed by atoms with van der Waals surface area (Å²) < 4.78 is -0.0151. The Morgan fingerprint density at radius 1 is 1.33 bits per heavy atom. The third kappa shape index (κ3) is 2.73. The molecule has 0 saturated carbocycles. The van der Waals surface area contributed by atoms with Gasteiger partial charge >= 0.3 is 0 Å². The van der Waals surface area contributed by atoms with Crippen molar-refractivity contribution in [1.29, 1.82) is 0 Å². The second-order valence-electron chi connectivity index (χ2n) is 2.84. The van der Waals surface area contributed by atoms with E-state index in [9.17, 15) is 14.9 Å². The van der Waals surface area contributed by atoms with Crippen LogP contribution in [0.15, 0.2) is 34.8 Å². The van der Waals surface area contributed by atoms with E-state index in [1.165, 1.54) is 6.92 Å². The number of ketones is 1. The highest BCUT2D eigenvalue weighted by molar-refractivity contribution is 9.12. The van der Waals surface area contributed by atoms with Crippen LogP contribution in [0.25, 0.3) is 5.70 Å². The van der Waals surface area contributed by atoms with Crippen molar-refractivity contribution in [2.24, 2.45) is 0 Å². The molecule has 0 bridgehead atoms. The highest BCUT2D eigenvalue weighted by atomic mass is 79.9. The molecule has 0 heterocycles. The quantitative estimate of drug-likeness (QED) is 0.482. The number of rotatable bonds is 3. The van der Waals surface area contributed by atoms with Crippen LogP contribution in [0.2, 0.25) is 0 Å². The predicted octanol–water partition coefficient (Wildman–Crippen LogP) is 2.62. The van der Waals surface area contributed by atoms with Crippen LogP contribution >= 0.6 is 15.9 Å². The molecule has 1 rings (SSSR count). The Bertz CT molecular complexity index is 426. The van der Waals surface area contributed by atoms with Crippen LogP contribution in [0.4, 0.5) is 0 Å². The standard InChI is InChI=1S/C10H8BrNO3/c1-7(13)9(11)10(12(14)15)8-5-3-2-4-6-8/h2-6H,1H3/b10-9+. The molecule has 1 aromatic carbocycles. The Morgan fingerprint density at radius 2 is 1.87 bits per heavy atom. The molecule has 0 fully saturated rings. The van der Waals surface area contributed by atoms with E-state index >= 15 is 0 Å². The summed E-state index contributed by atoms with van der Waals surface area (Å²) in [5.74, 6) is -0.370. The molecule has 0 saturated heterocycles. The number of hydrogen-bond acceptors (Lipinski definition) is 3. The van der Waals surface area contributed by atoms with Gasteiger partial charge in [-0.2, -0.15) is 0 Å². The topological polar surface area (TPSA) is 60.2 Å². The van der Waals surface area contributed by atoms with E-state index in [2.05, 4.69) is 15.9 Å². The highest BCUT2D eigenvalue weighted by Crippen LogP contribution is 2.23. The number of carbonyl (C=O) groups excluding carboxylic acids is 1. The van der Waals surface area contributed by atoms with Crippen LogP contribution in [-0.4, -0.2) is 10.7 Å². The SMILES string of the molecule is CC(=O)/C(Br)=C(/c1ccccc1)[N+](=O)[O-]. The zero-order valence-corrected chi connectivity index (χ0v) is 9.52. The Kier molecular flexibility index (Phi) is 3.74. The molecule has 4 nitrogen and oxygen atoms in total. The van der Waals surface area contributed by atoms with Crippen LogP contribution in [0, 0.1) is 10.1 Å². The molecule has 0 unspecified atom stereocenters. The Balaban J connectivity index is 3.34. The number of nitro groups is 1. The van der Waals surface area contributed by atoms with Gasteiger partial charge in [0.25, 0.3) is 5.70 Å². The summed E-state index contributed by atoms with van der Waals surface area (Å²) in [4.78, 5) is 21.3. The molecule has 0 amide bonds. The maximum atomic E-state index is 11.1. The smallest absolute Gasteiger partial charge is 0.294 e. The van der Waals surface area contributed by atoms with Crippen molar-refractivity contribution >= 4 is 27.4 Å². The Morgan fingerprint density at radius 3 is 2.27 bits per heavy atom. The van der Waals surface area contributed by atoms with E-state index in [1.807, 2.05) is 0 Å². The number of Topliss-reactive ketones (excluding diaryl/α,β-unsaturated/α-hetero) is 1. The van der Waals surface area contributed by atoms with Gasteiger partial charge in [-0.3, -0.25) is 14.9 Å². The highest BCUT2D eigenvalue weighted by Gasteiger charge is 2.21. The zero-order valence-electron chi connectivity index (χ0n) is 7.94. The van der Waals surface area contributed by atoms with Crippen molar-refractivity contribution < 1.29 is 9.72 Å². The summed E-state index contributed by atoms with van der Waals surface area (Å²) in [6.07, 6.45) is 0. The van der Waals surface area contributed by atoms with Crippen molar-refractivity contribution in [1.82, 2.24) is 0 Å². The summed E-state index contributed by atoms with van der Waals surface area (Å²) in [6.45, 7) is 1.27. The van der Waals surface area contributed by atoms with Gasteiger partial charge in [0.15, 0.2) is 5.78 Å². The van der Waals surface area contributed by atoms with Crippen molar-refractivity contribution in [2.75, 3.05) is 0 Å². The molecule has 1 aromatic rings. The predicted molar refractivity (Wildman–Crippen MR) is 60.0 cm³/mol. The first-order chi connectivity index (χ1) is 7.04. The zero-order chi connectivity index (χ0) is 11.4. The molecular weight excluding hydrogens is 262 g/mol. The van der Waals surface area contributed by atoms with E-state index in [1.54, 1.807) is 30.3 Å². The van der Waals surface area contributed by atoms with Crippen LogP contribution in [0.3, 0.4) is 0 Å². The fraction of sp³-hybridized carbons (Fsp3) is 0.100. The molecule has 15 heavy (non-hydrogen) atoms. The van der Waals surface area contributed by atoms with Crippen LogP contribution in [0.5, 0.6) is 0 Å². The molecule has 0 aromatic heterocycles. The summed E-state index contributed by atoms with van der Waals surface area (Å²) in [5.41, 5.74) is 0.202. The molecular formula is C10H8BrNO3. The Labute approximate surface area is 94.9 Å². The van der Waals surface area contributed by atoms with E-state index < -0.39 is 4.92 Å². The van der Waals surface area contributed by atoms with Crippen molar-refractivity contribution in [3.63, 3.8) is 0 Å². The van der Waals surface area contributed by atoms with Gasteiger partial charge < -0.3 is 0 Å². The van der Waals surface area contributed by atoms with E-state index in [0.717, 1.165) is 0 Å². The summed E-state index contributed by atoms with van der Waals surface area (Å²) in [5, 5.41) is 10.8. The van der Waals surface area contributed by atoms with Crippen molar-refractivity contribution in [3.05, 3.63) is 50.5 Å². The van der Waals surface area contributed by atoms with Gasteiger partial charge in [-0.05, 0) is 35.0 Å². The second-order valence-corrected chi connectivity index (χ2v) is 3.63. The van der Waals surface area contributed by atoms with E-state index in [4.69, 9.17) is 0 Å². The van der Waals surface area contributed by atoms with Gasteiger partial charge in [0.2, 0.25) is 0 Å². The number of halogens is 1. The van der Waals surface area contributed by atoms with Gasteiger partial charge in [0.05, 0.1) is 10.5 Å². The third-order valence-electron chi connectivity index (χ3n) is 1.75. The van der Waals surface area contributed by atoms with Gasteiger partial charge in [-0.1, -0.05) is 18.2 Å². The summed E-state index contributed by atoms with van der Waals surface area (Å²) >= 11 is 2.93. The first-order valence-electron chi connectivity index (χ1n) is 4.14. The normalized spacial score (nSPS) is 11.9. The van der Waals surface area contributed by atoms with Crippen LogP contribution < -0.4 is 0 Å². The lowest BCUT2D eigenvalue weighted by Gasteiger charge is -2.00. The van der Waals surface area contributed by atoms with Crippen molar-refractivity contribution in [3.8, 4) is 0 Å². The van der Waals surface area contributed by atoms with Crippen LogP contribution in [-0.2, 0) is 4.79 Å². The largest absolute Gasteiger partial charge is 0.294 e. The summed E-state index contributed by atoms with van der Waals surface area (Å²) in [7, 11) is 0. The van der Waals surface area contributed by atoms with E-state index in [-0.39, 0.29) is 16.0 Å².